The maximum atomic E-state index is 12.6. The van der Waals surface area contributed by atoms with Crippen LogP contribution in [0, 0.1) is 13.8 Å². The van der Waals surface area contributed by atoms with Crippen molar-refractivity contribution in [1.29, 1.82) is 0 Å². The van der Waals surface area contributed by atoms with Gasteiger partial charge in [-0.2, -0.15) is 0 Å². The van der Waals surface area contributed by atoms with Gasteiger partial charge in [0.25, 0.3) is 0 Å². The summed E-state index contributed by atoms with van der Waals surface area (Å²) in [4.78, 5) is 14.7. The lowest BCUT2D eigenvalue weighted by atomic mass is 10.1. The molecule has 1 aromatic rings. The zero-order valence-corrected chi connectivity index (χ0v) is 14.8. The third-order valence-electron chi connectivity index (χ3n) is 4.72. The van der Waals surface area contributed by atoms with Crippen LogP contribution in [0.25, 0.3) is 0 Å². The maximum absolute atomic E-state index is 12.6. The number of carbonyl (C=O) groups excluding carboxylic acids is 1. The first-order valence-corrected chi connectivity index (χ1v) is 8.36. The summed E-state index contributed by atoms with van der Waals surface area (Å²) in [5.41, 5.74) is 2.39. The molecule has 1 aromatic carbocycles. The highest BCUT2D eigenvalue weighted by Gasteiger charge is 2.37. The lowest BCUT2D eigenvalue weighted by molar-refractivity contribution is -0.134. The van der Waals surface area contributed by atoms with Gasteiger partial charge in [0.2, 0.25) is 5.91 Å². The minimum Gasteiger partial charge on any atom is -0.493 e. The molecule has 2 heterocycles. The number of aryl methyl sites for hydroxylation is 2. The molecule has 0 aromatic heterocycles. The van der Waals surface area contributed by atoms with Gasteiger partial charge in [0.05, 0.1) is 13.0 Å². The monoisotopic (exact) mass is 338 g/mol. The molecule has 0 saturated carbocycles. The molecule has 4 nitrogen and oxygen atoms in total. The van der Waals surface area contributed by atoms with E-state index in [-0.39, 0.29) is 18.3 Å². The number of nitrogens with one attached hydrogen (secondary N) is 1. The van der Waals surface area contributed by atoms with Gasteiger partial charge in [-0.3, -0.25) is 4.79 Å². The number of amides is 1. The van der Waals surface area contributed by atoms with Crippen LogP contribution in [-0.4, -0.2) is 42.6 Å². The SMILES string of the molecule is Cc1cc(C)cc(OCCC(=O)N2C3CCNCC2CC3)c1.Cl. The van der Waals surface area contributed by atoms with E-state index in [1.165, 1.54) is 11.1 Å². The fourth-order valence-corrected chi connectivity index (χ4v) is 3.79. The molecule has 2 bridgehead atoms. The van der Waals surface area contributed by atoms with Crippen molar-refractivity contribution >= 4 is 18.3 Å². The summed E-state index contributed by atoms with van der Waals surface area (Å²) in [5, 5.41) is 3.43. The molecular weight excluding hydrogens is 312 g/mol. The Balaban J connectivity index is 0.00000192. The number of benzene rings is 1. The molecule has 2 fully saturated rings. The van der Waals surface area contributed by atoms with Crippen molar-refractivity contribution in [2.75, 3.05) is 19.7 Å². The van der Waals surface area contributed by atoms with Crippen LogP contribution in [0.15, 0.2) is 18.2 Å². The van der Waals surface area contributed by atoms with Crippen LogP contribution in [-0.2, 0) is 4.79 Å². The second-order valence-electron chi connectivity index (χ2n) is 6.60. The van der Waals surface area contributed by atoms with E-state index >= 15 is 0 Å². The Morgan fingerprint density at radius 1 is 1.17 bits per heavy atom. The largest absolute Gasteiger partial charge is 0.493 e. The van der Waals surface area contributed by atoms with Crippen LogP contribution in [0.3, 0.4) is 0 Å². The van der Waals surface area contributed by atoms with Crippen molar-refractivity contribution in [1.82, 2.24) is 10.2 Å². The van der Waals surface area contributed by atoms with E-state index in [0.717, 1.165) is 38.1 Å². The molecule has 2 aliphatic rings. The smallest absolute Gasteiger partial charge is 0.226 e. The molecular formula is C18H27ClN2O2. The van der Waals surface area contributed by atoms with Gasteiger partial charge in [-0.1, -0.05) is 6.07 Å². The van der Waals surface area contributed by atoms with Crippen molar-refractivity contribution in [2.45, 2.75) is 51.6 Å². The molecule has 2 unspecified atom stereocenters. The highest BCUT2D eigenvalue weighted by molar-refractivity contribution is 5.85. The molecule has 23 heavy (non-hydrogen) atoms. The lowest BCUT2D eigenvalue weighted by Crippen LogP contribution is -2.42. The van der Waals surface area contributed by atoms with Crippen LogP contribution >= 0.6 is 12.4 Å². The number of fused-ring (bicyclic) bond motifs is 2. The summed E-state index contributed by atoms with van der Waals surface area (Å²) >= 11 is 0. The molecule has 2 atom stereocenters. The van der Waals surface area contributed by atoms with Gasteiger partial charge in [0.15, 0.2) is 0 Å². The van der Waals surface area contributed by atoms with E-state index in [9.17, 15) is 4.79 Å². The molecule has 2 aliphatic heterocycles. The number of halogens is 1. The van der Waals surface area contributed by atoms with Crippen LogP contribution in [0.4, 0.5) is 0 Å². The van der Waals surface area contributed by atoms with Crippen LogP contribution < -0.4 is 10.1 Å². The summed E-state index contributed by atoms with van der Waals surface area (Å²) in [6, 6.07) is 7.00. The highest BCUT2D eigenvalue weighted by atomic mass is 35.5. The molecule has 0 aliphatic carbocycles. The minimum atomic E-state index is 0. The summed E-state index contributed by atoms with van der Waals surface area (Å²) in [6.45, 7) is 6.56. The first-order chi connectivity index (χ1) is 10.6. The molecule has 0 spiro atoms. The number of carbonyl (C=O) groups is 1. The van der Waals surface area contributed by atoms with Gasteiger partial charge in [-0.05, 0) is 62.9 Å². The Morgan fingerprint density at radius 2 is 1.87 bits per heavy atom. The number of hydrogen-bond donors (Lipinski definition) is 1. The van der Waals surface area contributed by atoms with E-state index in [1.807, 2.05) is 12.1 Å². The predicted molar refractivity (Wildman–Crippen MR) is 94.4 cm³/mol. The van der Waals surface area contributed by atoms with Gasteiger partial charge in [-0.15, -0.1) is 12.4 Å². The Bertz CT molecular complexity index is 516. The van der Waals surface area contributed by atoms with E-state index in [0.29, 0.717) is 25.1 Å². The van der Waals surface area contributed by atoms with Crippen molar-refractivity contribution in [3.63, 3.8) is 0 Å². The summed E-state index contributed by atoms with van der Waals surface area (Å²) in [7, 11) is 0. The molecule has 128 valence electrons. The fraction of sp³-hybridized carbons (Fsp3) is 0.611. The predicted octanol–water partition coefficient (Wildman–Crippen LogP) is 2.85. The van der Waals surface area contributed by atoms with Crippen molar-refractivity contribution < 1.29 is 9.53 Å². The first kappa shape index (κ1) is 18.1. The lowest BCUT2D eigenvalue weighted by Gasteiger charge is -2.28. The highest BCUT2D eigenvalue weighted by Crippen LogP contribution is 2.28. The average Bonchev–Trinajstić information content (AvgIpc) is 2.71. The molecule has 3 rings (SSSR count). The molecule has 2 saturated heterocycles. The van der Waals surface area contributed by atoms with E-state index in [2.05, 4.69) is 30.1 Å². The number of ether oxygens (including phenoxy) is 1. The zero-order chi connectivity index (χ0) is 15.5. The normalized spacial score (nSPS) is 23.1. The summed E-state index contributed by atoms with van der Waals surface area (Å²) in [6.07, 6.45) is 3.86. The Kier molecular flexibility index (Phi) is 6.31. The minimum absolute atomic E-state index is 0. The average molecular weight is 339 g/mol. The van der Waals surface area contributed by atoms with Gasteiger partial charge in [-0.25, -0.2) is 0 Å². The fourth-order valence-electron chi connectivity index (χ4n) is 3.79. The first-order valence-electron chi connectivity index (χ1n) is 8.36. The molecule has 1 amide bonds. The van der Waals surface area contributed by atoms with Crippen molar-refractivity contribution in [3.05, 3.63) is 29.3 Å². The van der Waals surface area contributed by atoms with Crippen molar-refractivity contribution in [3.8, 4) is 5.75 Å². The second-order valence-corrected chi connectivity index (χ2v) is 6.60. The quantitative estimate of drug-likeness (QED) is 0.917. The standard InChI is InChI=1S/C18H26N2O2.ClH/c1-13-9-14(2)11-17(10-13)22-8-6-18(21)20-15-3-4-16(20)12-19-7-5-15;/h9-11,15-16,19H,3-8,12H2,1-2H3;1H. The third kappa shape index (κ3) is 4.39. The van der Waals surface area contributed by atoms with Gasteiger partial charge >= 0.3 is 0 Å². The van der Waals surface area contributed by atoms with Gasteiger partial charge in [0, 0.05) is 18.6 Å². The summed E-state index contributed by atoms with van der Waals surface area (Å²) in [5.74, 6) is 1.12. The Morgan fingerprint density at radius 3 is 2.61 bits per heavy atom. The number of rotatable bonds is 4. The topological polar surface area (TPSA) is 41.6 Å². The maximum Gasteiger partial charge on any atom is 0.226 e. The third-order valence-corrected chi connectivity index (χ3v) is 4.72. The second kappa shape index (κ2) is 8.02. The van der Waals surface area contributed by atoms with E-state index < -0.39 is 0 Å². The summed E-state index contributed by atoms with van der Waals surface area (Å²) < 4.78 is 5.79. The van der Waals surface area contributed by atoms with E-state index in [1.54, 1.807) is 0 Å². The van der Waals surface area contributed by atoms with Crippen LogP contribution in [0.1, 0.15) is 36.8 Å². The van der Waals surface area contributed by atoms with Crippen LogP contribution in [0.5, 0.6) is 5.75 Å². The van der Waals surface area contributed by atoms with Gasteiger partial charge in [0.1, 0.15) is 5.75 Å². The van der Waals surface area contributed by atoms with Crippen molar-refractivity contribution in [2.24, 2.45) is 0 Å². The number of hydrogen-bond acceptors (Lipinski definition) is 3. The van der Waals surface area contributed by atoms with Gasteiger partial charge < -0.3 is 15.0 Å². The Hall–Kier alpha value is -1.26. The van der Waals surface area contributed by atoms with Crippen LogP contribution in [0.2, 0.25) is 0 Å². The zero-order valence-electron chi connectivity index (χ0n) is 14.0. The Labute approximate surface area is 145 Å². The molecule has 1 N–H and O–H groups in total. The molecule has 5 heteroatoms. The number of nitrogens with zero attached hydrogens (tertiary/aromatic N) is 1. The van der Waals surface area contributed by atoms with E-state index in [4.69, 9.17) is 4.74 Å². The molecule has 0 radical (unpaired) electrons.